The number of hydrogen-bond donors (Lipinski definition) is 2. The van der Waals surface area contributed by atoms with Gasteiger partial charge in [-0.2, -0.15) is 0 Å². The van der Waals surface area contributed by atoms with Crippen molar-refractivity contribution in [3.8, 4) is 0 Å². The largest absolute Gasteiger partial charge is 0.347 e. The second-order valence-corrected chi connectivity index (χ2v) is 4.49. The Labute approximate surface area is 101 Å². The molecule has 2 unspecified atom stereocenters. The Balaban J connectivity index is 0.000000963. The summed E-state index contributed by atoms with van der Waals surface area (Å²) in [7, 11) is 1.89. The van der Waals surface area contributed by atoms with Gasteiger partial charge in [0, 0.05) is 32.4 Å². The standard InChI is InChI=1S/C11H15N3O.ClH/c1-14-4-2-3-9(14)11(15)13-10-7-5-12-6-8(7)10;/h2-4,7-8,10,12H,5-6H2,1H3,(H,13,15);1H. The first-order chi connectivity index (χ1) is 7.27. The monoisotopic (exact) mass is 241 g/mol. The van der Waals surface area contributed by atoms with Crippen molar-refractivity contribution in [2.45, 2.75) is 6.04 Å². The number of amides is 1. The quantitative estimate of drug-likeness (QED) is 0.787. The van der Waals surface area contributed by atoms with Crippen LogP contribution in [-0.2, 0) is 7.05 Å². The van der Waals surface area contributed by atoms with Crippen LogP contribution in [0.2, 0.25) is 0 Å². The molecule has 2 N–H and O–H groups in total. The Morgan fingerprint density at radius 2 is 2.19 bits per heavy atom. The van der Waals surface area contributed by atoms with Crippen LogP contribution in [0.5, 0.6) is 0 Å². The first-order valence-corrected chi connectivity index (χ1v) is 5.40. The summed E-state index contributed by atoms with van der Waals surface area (Å²) in [5, 5.41) is 6.41. The molecule has 0 radical (unpaired) electrons. The van der Waals surface area contributed by atoms with Gasteiger partial charge in [0.25, 0.3) is 5.91 Å². The number of nitrogens with one attached hydrogen (secondary N) is 2. The summed E-state index contributed by atoms with van der Waals surface area (Å²) in [5.74, 6) is 1.41. The number of aryl methyl sites for hydroxylation is 1. The maximum atomic E-state index is 11.9. The van der Waals surface area contributed by atoms with E-state index in [4.69, 9.17) is 0 Å². The number of rotatable bonds is 2. The van der Waals surface area contributed by atoms with Crippen molar-refractivity contribution in [3.63, 3.8) is 0 Å². The van der Waals surface area contributed by atoms with Gasteiger partial charge in [-0.25, -0.2) is 0 Å². The van der Waals surface area contributed by atoms with Crippen molar-refractivity contribution in [1.82, 2.24) is 15.2 Å². The summed E-state index contributed by atoms with van der Waals surface area (Å²) in [6.07, 6.45) is 1.89. The lowest BCUT2D eigenvalue weighted by molar-refractivity contribution is 0.0938. The van der Waals surface area contributed by atoms with E-state index in [0.717, 1.165) is 18.8 Å². The van der Waals surface area contributed by atoms with E-state index in [2.05, 4.69) is 10.6 Å². The fourth-order valence-corrected chi connectivity index (χ4v) is 2.55. The van der Waals surface area contributed by atoms with Gasteiger partial charge in [-0.15, -0.1) is 12.4 Å². The molecule has 4 nitrogen and oxygen atoms in total. The minimum absolute atomic E-state index is 0. The van der Waals surface area contributed by atoms with Crippen LogP contribution in [-0.4, -0.2) is 29.6 Å². The zero-order valence-corrected chi connectivity index (χ0v) is 9.96. The zero-order chi connectivity index (χ0) is 10.4. The van der Waals surface area contributed by atoms with E-state index < -0.39 is 0 Å². The number of piperidine rings is 1. The van der Waals surface area contributed by atoms with Gasteiger partial charge in [-0.05, 0) is 24.0 Å². The van der Waals surface area contributed by atoms with Gasteiger partial charge < -0.3 is 15.2 Å². The van der Waals surface area contributed by atoms with Crippen molar-refractivity contribution in [3.05, 3.63) is 24.0 Å². The minimum Gasteiger partial charge on any atom is -0.347 e. The van der Waals surface area contributed by atoms with Crippen LogP contribution in [0.3, 0.4) is 0 Å². The van der Waals surface area contributed by atoms with Crippen LogP contribution in [0.1, 0.15) is 10.5 Å². The van der Waals surface area contributed by atoms with E-state index >= 15 is 0 Å². The van der Waals surface area contributed by atoms with Gasteiger partial charge in [0.1, 0.15) is 5.69 Å². The molecule has 2 atom stereocenters. The van der Waals surface area contributed by atoms with E-state index in [1.165, 1.54) is 0 Å². The van der Waals surface area contributed by atoms with Crippen molar-refractivity contribution >= 4 is 18.3 Å². The summed E-state index contributed by atoms with van der Waals surface area (Å²) in [6, 6.07) is 4.16. The smallest absolute Gasteiger partial charge is 0.268 e. The molecule has 1 aromatic heterocycles. The van der Waals surface area contributed by atoms with Crippen LogP contribution >= 0.6 is 12.4 Å². The first kappa shape index (κ1) is 11.5. The van der Waals surface area contributed by atoms with Crippen molar-refractivity contribution in [1.29, 1.82) is 0 Å². The highest BCUT2D eigenvalue weighted by molar-refractivity contribution is 5.93. The number of nitrogens with zero attached hydrogens (tertiary/aromatic N) is 1. The molecule has 1 aliphatic heterocycles. The Morgan fingerprint density at radius 3 is 2.75 bits per heavy atom. The molecule has 5 heteroatoms. The molecule has 0 bridgehead atoms. The molecule has 1 aromatic rings. The van der Waals surface area contributed by atoms with Gasteiger partial charge in [-0.1, -0.05) is 0 Å². The summed E-state index contributed by atoms with van der Waals surface area (Å²) < 4.78 is 1.85. The highest BCUT2D eigenvalue weighted by atomic mass is 35.5. The number of carbonyl (C=O) groups is 1. The minimum atomic E-state index is 0. The number of aromatic nitrogens is 1. The fraction of sp³-hybridized carbons (Fsp3) is 0.545. The molecular formula is C11H16ClN3O. The Morgan fingerprint density at radius 1 is 1.50 bits per heavy atom. The molecule has 0 aromatic carbocycles. The predicted octanol–water partition coefficient (Wildman–Crippen LogP) is 0.394. The third-order valence-electron chi connectivity index (χ3n) is 3.57. The molecular weight excluding hydrogens is 226 g/mol. The van der Waals surface area contributed by atoms with Gasteiger partial charge in [0.2, 0.25) is 0 Å². The second kappa shape index (κ2) is 4.11. The molecule has 0 spiro atoms. The normalized spacial score (nSPS) is 30.4. The molecule has 2 fully saturated rings. The molecule has 1 amide bonds. The van der Waals surface area contributed by atoms with Gasteiger partial charge >= 0.3 is 0 Å². The van der Waals surface area contributed by atoms with Crippen molar-refractivity contribution in [2.24, 2.45) is 18.9 Å². The average molecular weight is 242 g/mol. The maximum Gasteiger partial charge on any atom is 0.268 e. The molecule has 1 saturated carbocycles. The van der Waals surface area contributed by atoms with Crippen LogP contribution in [0, 0.1) is 11.8 Å². The third kappa shape index (κ3) is 1.72. The van der Waals surface area contributed by atoms with E-state index in [-0.39, 0.29) is 18.3 Å². The number of halogens is 1. The van der Waals surface area contributed by atoms with Crippen LogP contribution in [0.15, 0.2) is 18.3 Å². The summed E-state index contributed by atoms with van der Waals surface area (Å²) in [5.41, 5.74) is 0.743. The van der Waals surface area contributed by atoms with Crippen molar-refractivity contribution in [2.75, 3.05) is 13.1 Å². The predicted molar refractivity (Wildman–Crippen MR) is 63.8 cm³/mol. The van der Waals surface area contributed by atoms with Crippen molar-refractivity contribution < 1.29 is 4.79 Å². The Kier molecular flexibility index (Phi) is 2.95. The highest BCUT2D eigenvalue weighted by Gasteiger charge is 2.53. The molecule has 2 aliphatic rings. The second-order valence-electron chi connectivity index (χ2n) is 4.49. The summed E-state index contributed by atoms with van der Waals surface area (Å²) in [4.78, 5) is 11.9. The molecule has 16 heavy (non-hydrogen) atoms. The summed E-state index contributed by atoms with van der Waals surface area (Å²) in [6.45, 7) is 2.12. The SMILES string of the molecule is Cl.Cn1cccc1C(=O)NC1C2CNCC21. The summed E-state index contributed by atoms with van der Waals surface area (Å²) >= 11 is 0. The van der Waals surface area contributed by atoms with Crippen LogP contribution in [0.4, 0.5) is 0 Å². The lowest BCUT2D eigenvalue weighted by atomic mass is 10.3. The average Bonchev–Trinajstić information content (AvgIpc) is 2.66. The van der Waals surface area contributed by atoms with E-state index in [1.54, 1.807) is 0 Å². The lowest BCUT2D eigenvalue weighted by Gasteiger charge is -2.08. The molecule has 2 heterocycles. The topological polar surface area (TPSA) is 46.1 Å². The number of fused-ring (bicyclic) bond motifs is 1. The number of carbonyl (C=O) groups excluding carboxylic acids is 1. The maximum absolute atomic E-state index is 11.9. The molecule has 1 saturated heterocycles. The Bertz CT molecular complexity index is 394. The molecule has 3 rings (SSSR count). The zero-order valence-electron chi connectivity index (χ0n) is 9.14. The van der Waals surface area contributed by atoms with E-state index in [1.807, 2.05) is 29.9 Å². The Hall–Kier alpha value is -1.00. The van der Waals surface area contributed by atoms with Crippen LogP contribution < -0.4 is 10.6 Å². The van der Waals surface area contributed by atoms with Gasteiger partial charge in [0.15, 0.2) is 0 Å². The fourth-order valence-electron chi connectivity index (χ4n) is 2.55. The molecule has 88 valence electrons. The lowest BCUT2D eigenvalue weighted by Crippen LogP contribution is -2.33. The van der Waals surface area contributed by atoms with Crippen LogP contribution in [0.25, 0.3) is 0 Å². The highest BCUT2D eigenvalue weighted by Crippen LogP contribution is 2.41. The number of hydrogen-bond acceptors (Lipinski definition) is 2. The first-order valence-electron chi connectivity index (χ1n) is 5.40. The molecule has 1 aliphatic carbocycles. The van der Waals surface area contributed by atoms with Gasteiger partial charge in [-0.3, -0.25) is 4.79 Å². The van der Waals surface area contributed by atoms with Gasteiger partial charge in [0.05, 0.1) is 0 Å². The van der Waals surface area contributed by atoms with E-state index in [0.29, 0.717) is 17.9 Å². The third-order valence-corrected chi connectivity index (χ3v) is 3.57. The van der Waals surface area contributed by atoms with E-state index in [9.17, 15) is 4.79 Å².